The Labute approximate surface area is 75.2 Å². The highest BCUT2D eigenvalue weighted by Gasteiger charge is 2.01. The van der Waals surface area contributed by atoms with Crippen LogP contribution in [-0.2, 0) is 0 Å². The second kappa shape index (κ2) is 2.62. The van der Waals surface area contributed by atoms with E-state index in [1.54, 1.807) is 0 Å². The normalized spacial score (nSPS) is 10.5. The quantitative estimate of drug-likeness (QED) is 0.634. The Bertz CT molecular complexity index is 514. The molecule has 0 aliphatic heterocycles. The summed E-state index contributed by atoms with van der Waals surface area (Å²) in [6, 6.07) is 7.07. The van der Waals surface area contributed by atoms with E-state index < -0.39 is 0 Å². The zero-order valence-corrected chi connectivity index (χ0v) is 7.29. The molecule has 0 aliphatic carbocycles. The van der Waals surface area contributed by atoms with Crippen LogP contribution in [0.5, 0.6) is 0 Å². The average molecular weight is 174 g/mol. The fourth-order valence-electron chi connectivity index (χ4n) is 1.50. The van der Waals surface area contributed by atoms with Crippen LogP contribution in [0.4, 0.5) is 5.82 Å². The highest BCUT2D eigenvalue weighted by atomic mass is 16.1. The number of benzene rings is 1. The molecule has 0 fully saturated rings. The van der Waals surface area contributed by atoms with E-state index in [2.05, 4.69) is 4.98 Å². The molecule has 13 heavy (non-hydrogen) atoms. The summed E-state index contributed by atoms with van der Waals surface area (Å²) in [6.45, 7) is 1.91. The van der Waals surface area contributed by atoms with Crippen molar-refractivity contribution in [2.75, 3.05) is 5.73 Å². The number of nitrogens with one attached hydrogen (secondary N) is 1. The number of aryl methyl sites for hydroxylation is 1. The van der Waals surface area contributed by atoms with Crippen LogP contribution in [0, 0.1) is 6.92 Å². The van der Waals surface area contributed by atoms with Crippen molar-refractivity contribution in [3.8, 4) is 0 Å². The minimum absolute atomic E-state index is 0.0237. The van der Waals surface area contributed by atoms with Gasteiger partial charge in [0.15, 0.2) is 5.43 Å². The van der Waals surface area contributed by atoms with E-state index in [-0.39, 0.29) is 5.43 Å². The number of aromatic amines is 1. The highest BCUT2D eigenvalue weighted by Crippen LogP contribution is 2.12. The van der Waals surface area contributed by atoms with Gasteiger partial charge in [-0.2, -0.15) is 0 Å². The summed E-state index contributed by atoms with van der Waals surface area (Å²) in [6.07, 6.45) is 0. The topological polar surface area (TPSA) is 58.9 Å². The van der Waals surface area contributed by atoms with Gasteiger partial charge in [-0.15, -0.1) is 0 Å². The molecule has 3 heteroatoms. The van der Waals surface area contributed by atoms with Crippen molar-refractivity contribution in [3.05, 3.63) is 40.1 Å². The van der Waals surface area contributed by atoms with Gasteiger partial charge in [-0.3, -0.25) is 4.79 Å². The van der Waals surface area contributed by atoms with E-state index in [9.17, 15) is 4.79 Å². The van der Waals surface area contributed by atoms with Crippen LogP contribution >= 0.6 is 0 Å². The van der Waals surface area contributed by atoms with Crippen LogP contribution in [0.15, 0.2) is 29.1 Å². The summed E-state index contributed by atoms with van der Waals surface area (Å²) in [5.74, 6) is 0.406. The molecule has 0 saturated heterocycles. The molecular formula is C10H10N2O. The minimum atomic E-state index is -0.0237. The lowest BCUT2D eigenvalue weighted by molar-refractivity contribution is 1.37. The van der Waals surface area contributed by atoms with Gasteiger partial charge in [-0.05, 0) is 18.6 Å². The molecule has 0 unspecified atom stereocenters. The fraction of sp³-hybridized carbons (Fsp3) is 0.100. The smallest absolute Gasteiger partial charge is 0.191 e. The van der Waals surface area contributed by atoms with Crippen LogP contribution in [0.3, 0.4) is 0 Å². The Kier molecular flexibility index (Phi) is 1.59. The number of fused-ring (bicyclic) bond motifs is 1. The number of anilines is 1. The lowest BCUT2D eigenvalue weighted by atomic mass is 10.1. The monoisotopic (exact) mass is 174 g/mol. The zero-order valence-electron chi connectivity index (χ0n) is 7.29. The summed E-state index contributed by atoms with van der Waals surface area (Å²) in [5, 5.41) is 0.719. The van der Waals surface area contributed by atoms with Gasteiger partial charge in [0.05, 0.1) is 5.52 Å². The molecule has 66 valence electrons. The van der Waals surface area contributed by atoms with E-state index in [0.29, 0.717) is 5.82 Å². The van der Waals surface area contributed by atoms with Crippen LogP contribution < -0.4 is 11.2 Å². The van der Waals surface area contributed by atoms with E-state index >= 15 is 0 Å². The number of nitrogens with two attached hydrogens (primary N) is 1. The molecule has 0 radical (unpaired) electrons. The number of H-pyrrole nitrogens is 1. The van der Waals surface area contributed by atoms with Gasteiger partial charge in [-0.25, -0.2) is 0 Å². The number of pyridine rings is 1. The number of aromatic nitrogens is 1. The van der Waals surface area contributed by atoms with E-state index in [1.165, 1.54) is 6.07 Å². The van der Waals surface area contributed by atoms with Crippen molar-refractivity contribution in [2.24, 2.45) is 0 Å². The Balaban J connectivity index is 3.03. The van der Waals surface area contributed by atoms with Crippen LogP contribution in [0.1, 0.15) is 5.56 Å². The molecule has 3 nitrogen and oxygen atoms in total. The predicted octanol–water partition coefficient (Wildman–Crippen LogP) is 1.42. The molecule has 0 aliphatic rings. The Morgan fingerprint density at radius 3 is 2.92 bits per heavy atom. The third kappa shape index (κ3) is 1.18. The highest BCUT2D eigenvalue weighted by molar-refractivity contribution is 5.82. The third-order valence-corrected chi connectivity index (χ3v) is 2.08. The number of rotatable bonds is 0. The summed E-state index contributed by atoms with van der Waals surface area (Å²) in [7, 11) is 0. The van der Waals surface area contributed by atoms with Crippen LogP contribution in [-0.4, -0.2) is 4.98 Å². The summed E-state index contributed by atoms with van der Waals surface area (Å²) in [4.78, 5) is 14.5. The summed E-state index contributed by atoms with van der Waals surface area (Å²) >= 11 is 0. The Morgan fingerprint density at radius 2 is 2.15 bits per heavy atom. The molecule has 1 aromatic carbocycles. The van der Waals surface area contributed by atoms with Crippen molar-refractivity contribution in [1.82, 2.24) is 4.98 Å². The summed E-state index contributed by atoms with van der Waals surface area (Å²) in [5.41, 5.74) is 7.26. The lowest BCUT2D eigenvalue weighted by Crippen LogP contribution is -2.05. The van der Waals surface area contributed by atoms with Gasteiger partial charge in [-0.1, -0.05) is 12.1 Å². The second-order valence-corrected chi connectivity index (χ2v) is 3.09. The lowest BCUT2D eigenvalue weighted by Gasteiger charge is -2.01. The first kappa shape index (κ1) is 7.86. The number of hydrogen-bond donors (Lipinski definition) is 2. The Hall–Kier alpha value is -1.77. The molecule has 0 spiro atoms. The summed E-state index contributed by atoms with van der Waals surface area (Å²) < 4.78 is 0. The van der Waals surface area contributed by atoms with E-state index in [1.807, 2.05) is 25.1 Å². The minimum Gasteiger partial charge on any atom is -0.385 e. The van der Waals surface area contributed by atoms with Gasteiger partial charge in [0.25, 0.3) is 0 Å². The molecule has 1 aromatic heterocycles. The van der Waals surface area contributed by atoms with Crippen molar-refractivity contribution < 1.29 is 0 Å². The number of nitrogen functional groups attached to an aromatic ring is 1. The molecule has 2 aromatic rings. The maximum absolute atomic E-state index is 11.5. The van der Waals surface area contributed by atoms with E-state index in [0.717, 1.165) is 16.5 Å². The molecule has 0 saturated carbocycles. The van der Waals surface area contributed by atoms with Crippen molar-refractivity contribution in [3.63, 3.8) is 0 Å². The largest absolute Gasteiger partial charge is 0.385 e. The van der Waals surface area contributed by atoms with Crippen molar-refractivity contribution in [2.45, 2.75) is 6.92 Å². The van der Waals surface area contributed by atoms with Gasteiger partial charge >= 0.3 is 0 Å². The third-order valence-electron chi connectivity index (χ3n) is 2.08. The predicted molar refractivity (Wildman–Crippen MR) is 53.7 cm³/mol. The maximum atomic E-state index is 11.5. The molecule has 1 heterocycles. The van der Waals surface area contributed by atoms with E-state index in [4.69, 9.17) is 5.73 Å². The van der Waals surface area contributed by atoms with Crippen molar-refractivity contribution in [1.29, 1.82) is 0 Å². The average Bonchev–Trinajstić information content (AvgIpc) is 2.02. The SMILES string of the molecule is Cc1cccc2[nH]c(N)cc(=O)c12. The molecule has 0 atom stereocenters. The molecule has 2 rings (SSSR count). The van der Waals surface area contributed by atoms with Gasteiger partial charge in [0, 0.05) is 11.5 Å². The van der Waals surface area contributed by atoms with Crippen LogP contribution in [0.25, 0.3) is 10.9 Å². The zero-order chi connectivity index (χ0) is 9.42. The molecule has 0 bridgehead atoms. The van der Waals surface area contributed by atoms with Gasteiger partial charge in [0.1, 0.15) is 5.82 Å². The first-order valence-electron chi connectivity index (χ1n) is 4.06. The second-order valence-electron chi connectivity index (χ2n) is 3.09. The fourth-order valence-corrected chi connectivity index (χ4v) is 1.50. The maximum Gasteiger partial charge on any atom is 0.191 e. The molecule has 3 N–H and O–H groups in total. The van der Waals surface area contributed by atoms with Crippen LogP contribution in [0.2, 0.25) is 0 Å². The van der Waals surface area contributed by atoms with Crippen molar-refractivity contribution >= 4 is 16.7 Å². The number of hydrogen-bond acceptors (Lipinski definition) is 2. The molecule has 0 amide bonds. The first-order valence-corrected chi connectivity index (χ1v) is 4.06. The van der Waals surface area contributed by atoms with Gasteiger partial charge < -0.3 is 10.7 Å². The standard InChI is InChI=1S/C10H10N2O/c1-6-3-2-4-7-10(6)8(13)5-9(11)12-7/h2-5H,1H3,(H3,11,12,13). The van der Waals surface area contributed by atoms with Gasteiger partial charge in [0.2, 0.25) is 0 Å². The molecular weight excluding hydrogens is 164 g/mol. The Morgan fingerprint density at radius 1 is 1.38 bits per heavy atom. The first-order chi connectivity index (χ1) is 6.18.